The molecular weight excluding hydrogens is 368 g/mol. The number of hydrogen-bond acceptors (Lipinski definition) is 6. The summed E-state index contributed by atoms with van der Waals surface area (Å²) >= 11 is 0. The zero-order valence-corrected chi connectivity index (χ0v) is 16.4. The predicted molar refractivity (Wildman–Crippen MR) is 110 cm³/mol. The van der Waals surface area contributed by atoms with Crippen molar-refractivity contribution in [2.75, 3.05) is 18.4 Å². The van der Waals surface area contributed by atoms with E-state index in [0.717, 1.165) is 59.1 Å². The first kappa shape index (κ1) is 17.6. The number of piperidine rings is 1. The van der Waals surface area contributed by atoms with Crippen molar-refractivity contribution in [3.63, 3.8) is 0 Å². The van der Waals surface area contributed by atoms with E-state index in [-0.39, 0.29) is 11.9 Å². The van der Waals surface area contributed by atoms with Crippen LogP contribution in [0.25, 0.3) is 33.2 Å². The number of carbonyl (C=O) groups is 1. The summed E-state index contributed by atoms with van der Waals surface area (Å²) in [4.78, 5) is 25.8. The summed E-state index contributed by atoms with van der Waals surface area (Å²) in [5.41, 5.74) is 4.75. The van der Waals surface area contributed by atoms with Crippen LogP contribution in [0.2, 0.25) is 0 Å². The second kappa shape index (κ2) is 6.84. The highest BCUT2D eigenvalue weighted by molar-refractivity contribution is 5.95. The molecule has 148 valence electrons. The van der Waals surface area contributed by atoms with E-state index in [4.69, 9.17) is 0 Å². The molecule has 0 spiro atoms. The lowest BCUT2D eigenvalue weighted by Crippen LogP contribution is -2.41. The lowest BCUT2D eigenvalue weighted by molar-refractivity contribution is -0.129. The van der Waals surface area contributed by atoms with Crippen LogP contribution in [0, 0.1) is 0 Å². The number of aromatic nitrogens is 6. The molecule has 1 amide bonds. The molecule has 4 aromatic rings. The van der Waals surface area contributed by atoms with E-state index in [1.54, 1.807) is 11.6 Å². The molecule has 1 saturated heterocycles. The van der Waals surface area contributed by atoms with Gasteiger partial charge < -0.3 is 15.2 Å². The second-order valence-electron chi connectivity index (χ2n) is 7.50. The summed E-state index contributed by atoms with van der Waals surface area (Å²) < 4.78 is 1.77. The Hall–Kier alpha value is -3.49. The largest absolute Gasteiger partial charge is 0.351 e. The van der Waals surface area contributed by atoms with Crippen molar-refractivity contribution >= 4 is 33.9 Å². The third-order valence-electron chi connectivity index (χ3n) is 5.63. The number of fused-ring (bicyclic) bond motifs is 2. The van der Waals surface area contributed by atoms with Crippen LogP contribution in [-0.4, -0.2) is 59.9 Å². The number of H-pyrrole nitrogens is 1. The van der Waals surface area contributed by atoms with Gasteiger partial charge in [0.25, 0.3) is 0 Å². The van der Waals surface area contributed by atoms with Gasteiger partial charge in [-0.1, -0.05) is 11.3 Å². The van der Waals surface area contributed by atoms with Crippen LogP contribution in [0.1, 0.15) is 19.8 Å². The average Bonchev–Trinajstić information content (AvgIpc) is 3.31. The number of hydrogen-bond donors (Lipinski definition) is 2. The summed E-state index contributed by atoms with van der Waals surface area (Å²) in [7, 11) is 1.89. The third-order valence-corrected chi connectivity index (χ3v) is 5.63. The summed E-state index contributed by atoms with van der Waals surface area (Å²) in [6, 6.07) is 6.36. The van der Waals surface area contributed by atoms with Gasteiger partial charge in [0.2, 0.25) is 11.9 Å². The molecular formula is C20H22N8O. The van der Waals surface area contributed by atoms with Gasteiger partial charge >= 0.3 is 0 Å². The monoisotopic (exact) mass is 390 g/mol. The number of benzene rings is 1. The molecule has 0 saturated carbocycles. The Morgan fingerprint density at radius 1 is 1.28 bits per heavy atom. The Morgan fingerprint density at radius 3 is 2.90 bits per heavy atom. The Bertz CT molecular complexity index is 1200. The van der Waals surface area contributed by atoms with E-state index in [9.17, 15) is 4.79 Å². The van der Waals surface area contributed by atoms with Crippen LogP contribution in [0.15, 0.2) is 30.6 Å². The number of nitrogens with one attached hydrogen (secondary N) is 2. The molecule has 4 heterocycles. The van der Waals surface area contributed by atoms with Gasteiger partial charge in [-0.3, -0.25) is 4.79 Å². The standard InChI is InChI=1S/C20H22N8O/c1-12(29)28-7-5-14(6-8-28)23-20-22-11-16-15(10-21-19(16)24-20)13-3-4-17-18(9-13)27(2)26-25-17/h3-4,9-11,14H,5-8H2,1-2H3,(H2,21,22,23,24). The fraction of sp³-hybridized carbons (Fsp3) is 0.350. The molecule has 3 aromatic heterocycles. The Morgan fingerprint density at radius 2 is 2.10 bits per heavy atom. The predicted octanol–water partition coefficient (Wildman–Crippen LogP) is 2.33. The van der Waals surface area contributed by atoms with Gasteiger partial charge in [0.1, 0.15) is 11.2 Å². The zero-order chi connectivity index (χ0) is 20.0. The molecule has 0 unspecified atom stereocenters. The molecule has 9 nitrogen and oxygen atoms in total. The van der Waals surface area contributed by atoms with E-state index in [0.29, 0.717) is 5.95 Å². The Kier molecular flexibility index (Phi) is 4.15. The lowest BCUT2D eigenvalue weighted by Gasteiger charge is -2.31. The average molecular weight is 390 g/mol. The molecule has 29 heavy (non-hydrogen) atoms. The highest BCUT2D eigenvalue weighted by Crippen LogP contribution is 2.30. The maximum absolute atomic E-state index is 11.5. The molecule has 1 fully saturated rings. The lowest BCUT2D eigenvalue weighted by atomic mass is 10.1. The Balaban J connectivity index is 1.38. The minimum absolute atomic E-state index is 0.139. The summed E-state index contributed by atoms with van der Waals surface area (Å²) in [5, 5.41) is 12.6. The van der Waals surface area contributed by atoms with Gasteiger partial charge in [-0.15, -0.1) is 5.10 Å². The van der Waals surface area contributed by atoms with E-state index >= 15 is 0 Å². The summed E-state index contributed by atoms with van der Waals surface area (Å²) in [5.74, 6) is 0.749. The number of anilines is 1. The number of amides is 1. The summed E-state index contributed by atoms with van der Waals surface area (Å²) in [6.45, 7) is 3.16. The number of rotatable bonds is 3. The maximum atomic E-state index is 11.5. The fourth-order valence-electron chi connectivity index (χ4n) is 3.94. The minimum Gasteiger partial charge on any atom is -0.351 e. The van der Waals surface area contributed by atoms with Crippen LogP contribution in [0.5, 0.6) is 0 Å². The van der Waals surface area contributed by atoms with Crippen molar-refractivity contribution in [1.29, 1.82) is 0 Å². The highest BCUT2D eigenvalue weighted by Gasteiger charge is 2.21. The quantitative estimate of drug-likeness (QED) is 0.556. The number of aryl methyl sites for hydroxylation is 1. The first-order valence-electron chi connectivity index (χ1n) is 9.74. The molecule has 0 bridgehead atoms. The summed E-state index contributed by atoms with van der Waals surface area (Å²) in [6.07, 6.45) is 5.61. The minimum atomic E-state index is 0.139. The van der Waals surface area contributed by atoms with Crippen molar-refractivity contribution in [3.8, 4) is 11.1 Å². The number of likely N-dealkylation sites (tertiary alicyclic amines) is 1. The molecule has 1 aliphatic heterocycles. The molecule has 2 N–H and O–H groups in total. The first-order valence-corrected chi connectivity index (χ1v) is 9.74. The van der Waals surface area contributed by atoms with Gasteiger partial charge in [0.15, 0.2) is 0 Å². The molecule has 5 rings (SSSR count). The van der Waals surface area contributed by atoms with Crippen LogP contribution in [0.3, 0.4) is 0 Å². The smallest absolute Gasteiger partial charge is 0.224 e. The molecule has 0 radical (unpaired) electrons. The molecule has 1 aliphatic rings. The number of aromatic amines is 1. The molecule has 9 heteroatoms. The maximum Gasteiger partial charge on any atom is 0.224 e. The van der Waals surface area contributed by atoms with Crippen molar-refractivity contribution in [1.82, 2.24) is 34.8 Å². The van der Waals surface area contributed by atoms with E-state index in [2.05, 4.69) is 36.6 Å². The topological polar surface area (TPSA) is 105 Å². The van der Waals surface area contributed by atoms with Crippen molar-refractivity contribution in [3.05, 3.63) is 30.6 Å². The third kappa shape index (κ3) is 3.18. The van der Waals surface area contributed by atoms with Crippen LogP contribution in [0.4, 0.5) is 5.95 Å². The van der Waals surface area contributed by atoms with Gasteiger partial charge in [0, 0.05) is 56.4 Å². The van der Waals surface area contributed by atoms with Gasteiger partial charge in [0.05, 0.1) is 5.52 Å². The van der Waals surface area contributed by atoms with Crippen LogP contribution < -0.4 is 5.32 Å². The molecule has 0 aliphatic carbocycles. The highest BCUT2D eigenvalue weighted by atomic mass is 16.2. The van der Waals surface area contributed by atoms with Crippen LogP contribution >= 0.6 is 0 Å². The first-order chi connectivity index (χ1) is 14.1. The number of nitrogens with zero attached hydrogens (tertiary/aromatic N) is 6. The zero-order valence-electron chi connectivity index (χ0n) is 16.4. The molecule has 1 aromatic carbocycles. The van der Waals surface area contributed by atoms with Gasteiger partial charge in [-0.25, -0.2) is 9.67 Å². The molecule has 0 atom stereocenters. The van der Waals surface area contributed by atoms with Gasteiger partial charge in [-0.05, 0) is 30.5 Å². The van der Waals surface area contributed by atoms with Gasteiger partial charge in [-0.2, -0.15) is 4.98 Å². The SMILES string of the molecule is CC(=O)N1CCC(Nc2ncc3c(-c4ccc5nnn(C)c5c4)c[nH]c3n2)CC1. The van der Waals surface area contributed by atoms with Crippen molar-refractivity contribution < 1.29 is 4.79 Å². The fourth-order valence-corrected chi connectivity index (χ4v) is 3.94. The normalized spacial score (nSPS) is 15.3. The van der Waals surface area contributed by atoms with Crippen LogP contribution in [-0.2, 0) is 11.8 Å². The number of carbonyl (C=O) groups excluding carboxylic acids is 1. The van der Waals surface area contributed by atoms with E-state index < -0.39 is 0 Å². The van der Waals surface area contributed by atoms with E-state index in [1.807, 2.05) is 36.5 Å². The second-order valence-corrected chi connectivity index (χ2v) is 7.50. The Labute approximate surface area is 167 Å². The van der Waals surface area contributed by atoms with Crippen molar-refractivity contribution in [2.45, 2.75) is 25.8 Å². The van der Waals surface area contributed by atoms with Crippen molar-refractivity contribution in [2.24, 2.45) is 7.05 Å². The van der Waals surface area contributed by atoms with E-state index in [1.165, 1.54) is 0 Å².